The predicted molar refractivity (Wildman–Crippen MR) is 78.5 cm³/mol. The average molecular weight is 288 g/mol. The van der Waals surface area contributed by atoms with Crippen molar-refractivity contribution in [2.45, 2.75) is 26.4 Å². The van der Waals surface area contributed by atoms with E-state index in [2.05, 4.69) is 15.0 Å². The quantitative estimate of drug-likeness (QED) is 0.470. The van der Waals surface area contributed by atoms with Crippen LogP contribution in [0.4, 0.5) is 0 Å². The van der Waals surface area contributed by atoms with E-state index >= 15 is 0 Å². The molecule has 0 saturated heterocycles. The van der Waals surface area contributed by atoms with Gasteiger partial charge in [-0.25, -0.2) is 9.98 Å². The maximum Gasteiger partial charge on any atom is 0.262 e. The van der Waals surface area contributed by atoms with E-state index in [1.54, 1.807) is 19.3 Å². The van der Waals surface area contributed by atoms with E-state index < -0.39 is 6.04 Å². The summed E-state index contributed by atoms with van der Waals surface area (Å²) in [6.45, 7) is 3.57. The lowest BCUT2D eigenvalue weighted by Crippen LogP contribution is -2.26. The molecule has 21 heavy (non-hydrogen) atoms. The van der Waals surface area contributed by atoms with Gasteiger partial charge < -0.3 is 9.53 Å². The van der Waals surface area contributed by atoms with Crippen molar-refractivity contribution >= 4 is 23.1 Å². The lowest BCUT2D eigenvalue weighted by Gasteiger charge is -2.10. The van der Waals surface area contributed by atoms with Gasteiger partial charge in [0.15, 0.2) is 0 Å². The molecule has 110 valence electrons. The largest absolute Gasteiger partial charge is 0.483 e. The van der Waals surface area contributed by atoms with E-state index in [1.807, 2.05) is 6.92 Å². The molecule has 2 aromatic heterocycles. The Morgan fingerprint density at radius 1 is 1.52 bits per heavy atom. The van der Waals surface area contributed by atoms with Crippen molar-refractivity contribution < 1.29 is 9.53 Å². The molecule has 0 bridgehead atoms. The number of nitrogens with zero attached hydrogens (tertiary/aromatic N) is 4. The fourth-order valence-corrected chi connectivity index (χ4v) is 1.93. The summed E-state index contributed by atoms with van der Waals surface area (Å²) < 4.78 is 6.51. The summed E-state index contributed by atoms with van der Waals surface area (Å²) in [5.41, 5.74) is 1.12. The van der Waals surface area contributed by atoms with E-state index in [0.717, 1.165) is 5.56 Å². The van der Waals surface area contributed by atoms with Crippen LogP contribution in [0.2, 0.25) is 0 Å². The fourth-order valence-electron chi connectivity index (χ4n) is 1.93. The van der Waals surface area contributed by atoms with Crippen molar-refractivity contribution in [1.29, 1.82) is 0 Å². The topological polar surface area (TPSA) is 86.4 Å². The first kappa shape index (κ1) is 14.8. The number of ether oxygens (including phenoxy) is 1. The van der Waals surface area contributed by atoms with Gasteiger partial charge in [0.2, 0.25) is 5.90 Å². The maximum absolute atomic E-state index is 12.5. The van der Waals surface area contributed by atoms with Gasteiger partial charge in [0, 0.05) is 6.20 Å². The maximum atomic E-state index is 12.5. The lowest BCUT2D eigenvalue weighted by atomic mass is 10.2. The zero-order valence-corrected chi connectivity index (χ0v) is 12.1. The third-order valence-corrected chi connectivity index (χ3v) is 3.01. The highest BCUT2D eigenvalue weighted by Crippen LogP contribution is 2.09. The summed E-state index contributed by atoms with van der Waals surface area (Å²) in [4.78, 5) is 35.4. The Morgan fingerprint density at radius 3 is 2.95 bits per heavy atom. The molecule has 0 aromatic carbocycles. The minimum Gasteiger partial charge on any atom is -0.483 e. The summed E-state index contributed by atoms with van der Waals surface area (Å²) in [6.07, 6.45) is 5.30. The van der Waals surface area contributed by atoms with Crippen LogP contribution in [0.5, 0.6) is 0 Å². The summed E-state index contributed by atoms with van der Waals surface area (Å²) in [5.74, 6) is 0.296. The van der Waals surface area contributed by atoms with Crippen LogP contribution in [0.15, 0.2) is 28.5 Å². The number of aryl methyl sites for hydroxylation is 1. The summed E-state index contributed by atoms with van der Waals surface area (Å²) >= 11 is 0. The molecule has 7 nitrogen and oxygen atoms in total. The van der Waals surface area contributed by atoms with Crippen LogP contribution in [0.1, 0.15) is 12.5 Å². The van der Waals surface area contributed by atoms with Crippen molar-refractivity contribution in [3.05, 3.63) is 34.6 Å². The Bertz CT molecular complexity index is 751. The molecule has 0 aliphatic carbocycles. The Hall–Kier alpha value is -2.57. The molecule has 2 aromatic rings. The normalized spacial score (nSPS) is 13.2. The molecular formula is C14H16N4O3. The number of fused-ring (bicyclic) bond motifs is 1. The summed E-state index contributed by atoms with van der Waals surface area (Å²) in [6, 6.07) is -0.519. The van der Waals surface area contributed by atoms with Gasteiger partial charge in [0.1, 0.15) is 18.9 Å². The first-order valence-electron chi connectivity index (χ1n) is 6.42. The van der Waals surface area contributed by atoms with Crippen molar-refractivity contribution in [1.82, 2.24) is 14.5 Å². The highest BCUT2D eigenvalue weighted by atomic mass is 16.5. The number of pyridine rings is 1. The predicted octanol–water partition coefficient (Wildman–Crippen LogP) is 0.732. The van der Waals surface area contributed by atoms with Crippen LogP contribution in [-0.4, -0.2) is 39.9 Å². The average Bonchev–Trinajstić information content (AvgIpc) is 2.48. The van der Waals surface area contributed by atoms with Gasteiger partial charge in [0.05, 0.1) is 30.5 Å². The standard InChI is InChI=1S/C14H16N4O3/c1-9-4-15-5-11-13(9)14(20)18(8-16-11)6-12(21-3)17-10(2)7-19/h4-5,7-8,10H,6H2,1-3H3/b17-12-. The van der Waals surface area contributed by atoms with Crippen LogP contribution in [0, 0.1) is 6.92 Å². The van der Waals surface area contributed by atoms with Crippen molar-refractivity contribution in [3.63, 3.8) is 0 Å². The van der Waals surface area contributed by atoms with Gasteiger partial charge in [-0.2, -0.15) is 0 Å². The molecule has 1 unspecified atom stereocenters. The van der Waals surface area contributed by atoms with Crippen LogP contribution in [0.25, 0.3) is 10.9 Å². The van der Waals surface area contributed by atoms with Crippen molar-refractivity contribution in [3.8, 4) is 0 Å². The molecule has 0 N–H and O–H groups in total. The number of aromatic nitrogens is 3. The molecule has 7 heteroatoms. The monoisotopic (exact) mass is 288 g/mol. The second-order valence-corrected chi connectivity index (χ2v) is 4.63. The Labute approximate surface area is 121 Å². The molecule has 0 spiro atoms. The minimum atomic E-state index is -0.519. The first-order chi connectivity index (χ1) is 10.1. The SMILES string of the molecule is CO/C(Cn1cnc2cncc(C)c2c1=O)=N\C(C)C=O. The molecule has 0 aliphatic heterocycles. The van der Waals surface area contributed by atoms with E-state index in [0.29, 0.717) is 23.1 Å². The van der Waals surface area contributed by atoms with Crippen LogP contribution >= 0.6 is 0 Å². The molecule has 0 aliphatic rings. The molecule has 0 amide bonds. The molecular weight excluding hydrogens is 272 g/mol. The number of hydrogen-bond acceptors (Lipinski definition) is 6. The third-order valence-electron chi connectivity index (χ3n) is 3.01. The van der Waals surface area contributed by atoms with Crippen molar-refractivity contribution in [2.24, 2.45) is 4.99 Å². The lowest BCUT2D eigenvalue weighted by molar-refractivity contribution is -0.108. The van der Waals surface area contributed by atoms with Gasteiger partial charge >= 0.3 is 0 Å². The van der Waals surface area contributed by atoms with E-state index in [-0.39, 0.29) is 12.1 Å². The zero-order chi connectivity index (χ0) is 15.4. The Kier molecular flexibility index (Phi) is 4.42. The Balaban J connectivity index is 2.46. The number of carbonyl (C=O) groups excluding carboxylic acids is 1. The van der Waals surface area contributed by atoms with Gasteiger partial charge in [-0.3, -0.25) is 14.3 Å². The van der Waals surface area contributed by atoms with Crippen molar-refractivity contribution in [2.75, 3.05) is 7.11 Å². The molecule has 2 rings (SSSR count). The van der Waals surface area contributed by atoms with E-state index in [4.69, 9.17) is 4.74 Å². The van der Waals surface area contributed by atoms with Gasteiger partial charge in [-0.05, 0) is 19.4 Å². The number of aldehydes is 1. The zero-order valence-electron chi connectivity index (χ0n) is 12.1. The third kappa shape index (κ3) is 3.13. The fraction of sp³-hybridized carbons (Fsp3) is 0.357. The summed E-state index contributed by atoms with van der Waals surface area (Å²) in [5, 5.41) is 0.520. The molecule has 0 radical (unpaired) electrons. The second kappa shape index (κ2) is 6.25. The highest BCUT2D eigenvalue weighted by molar-refractivity contribution is 5.81. The van der Waals surface area contributed by atoms with Crippen LogP contribution in [-0.2, 0) is 16.1 Å². The first-order valence-corrected chi connectivity index (χ1v) is 6.42. The minimum absolute atomic E-state index is 0.123. The number of aliphatic imine (C=N–C) groups is 1. The smallest absolute Gasteiger partial charge is 0.262 e. The highest BCUT2D eigenvalue weighted by Gasteiger charge is 2.10. The number of hydrogen-bond donors (Lipinski definition) is 0. The number of methoxy groups -OCH3 is 1. The van der Waals surface area contributed by atoms with E-state index in [9.17, 15) is 9.59 Å². The van der Waals surface area contributed by atoms with Gasteiger partial charge in [-0.1, -0.05) is 0 Å². The number of carbonyl (C=O) groups is 1. The van der Waals surface area contributed by atoms with E-state index in [1.165, 1.54) is 18.0 Å². The molecule has 0 fully saturated rings. The van der Waals surface area contributed by atoms with Gasteiger partial charge in [-0.15, -0.1) is 0 Å². The molecule has 1 atom stereocenters. The van der Waals surface area contributed by atoms with Crippen LogP contribution < -0.4 is 5.56 Å². The number of rotatable bonds is 4. The Morgan fingerprint density at radius 2 is 2.29 bits per heavy atom. The van der Waals surface area contributed by atoms with Crippen LogP contribution in [0.3, 0.4) is 0 Å². The van der Waals surface area contributed by atoms with Gasteiger partial charge in [0.25, 0.3) is 5.56 Å². The summed E-state index contributed by atoms with van der Waals surface area (Å²) in [7, 11) is 1.45. The second-order valence-electron chi connectivity index (χ2n) is 4.63. The molecule has 0 saturated carbocycles. The molecule has 2 heterocycles.